The normalized spacial score (nSPS) is 18.5. The van der Waals surface area contributed by atoms with Crippen LogP contribution in [0.2, 0.25) is 0 Å². The van der Waals surface area contributed by atoms with Crippen LogP contribution in [0.5, 0.6) is 5.75 Å². The summed E-state index contributed by atoms with van der Waals surface area (Å²) in [5.74, 6) is 2.50. The maximum Gasteiger partial charge on any atom is 0.233 e. The average molecular weight is 423 g/mol. The first-order valence-electron chi connectivity index (χ1n) is 11.0. The quantitative estimate of drug-likeness (QED) is 0.739. The van der Waals surface area contributed by atoms with Gasteiger partial charge in [-0.1, -0.05) is 26.0 Å². The summed E-state index contributed by atoms with van der Waals surface area (Å²) in [4.78, 5) is 38.6. The number of likely N-dealkylation sites (tertiary alicyclic amines) is 1. The number of methoxy groups -OCH3 is 1. The Hall–Kier alpha value is -2.96. The van der Waals surface area contributed by atoms with Gasteiger partial charge in [0, 0.05) is 36.2 Å². The molecule has 2 aromatic rings. The number of anilines is 1. The number of benzene rings is 1. The van der Waals surface area contributed by atoms with Gasteiger partial charge in [0.2, 0.25) is 11.8 Å². The summed E-state index contributed by atoms with van der Waals surface area (Å²) in [5.41, 5.74) is 2.75. The zero-order valence-corrected chi connectivity index (χ0v) is 18.7. The maximum absolute atomic E-state index is 12.8. The van der Waals surface area contributed by atoms with E-state index in [1.165, 1.54) is 0 Å². The second kappa shape index (κ2) is 8.65. The number of aryl methyl sites for hydroxylation is 1. The van der Waals surface area contributed by atoms with Crippen LogP contribution in [0.15, 0.2) is 24.3 Å². The third kappa shape index (κ3) is 4.27. The first kappa shape index (κ1) is 21.3. The first-order valence-corrected chi connectivity index (χ1v) is 11.0. The van der Waals surface area contributed by atoms with E-state index < -0.39 is 0 Å². The summed E-state index contributed by atoms with van der Waals surface area (Å²) in [5, 5.41) is 0. The molecule has 0 N–H and O–H groups in total. The SMILES string of the molecule is COc1cccc(CN2C(=O)Cc3c(C)nc(C4CCCN(C(=O)C(C)C)C4)nc32)c1. The lowest BCUT2D eigenvalue weighted by atomic mass is 9.95. The molecule has 1 unspecified atom stereocenters. The number of aromatic nitrogens is 2. The summed E-state index contributed by atoms with van der Waals surface area (Å²) in [7, 11) is 1.63. The van der Waals surface area contributed by atoms with Gasteiger partial charge in [0.25, 0.3) is 0 Å². The Kier molecular flexibility index (Phi) is 5.94. The van der Waals surface area contributed by atoms with Crippen LogP contribution in [0.25, 0.3) is 0 Å². The van der Waals surface area contributed by atoms with E-state index in [0.717, 1.165) is 47.8 Å². The van der Waals surface area contributed by atoms with E-state index in [9.17, 15) is 9.59 Å². The van der Waals surface area contributed by atoms with Crippen molar-refractivity contribution in [3.05, 3.63) is 46.9 Å². The monoisotopic (exact) mass is 422 g/mol. The first-order chi connectivity index (χ1) is 14.9. The fourth-order valence-electron chi connectivity index (χ4n) is 4.45. The molecule has 0 spiro atoms. The highest BCUT2D eigenvalue weighted by Crippen LogP contribution is 2.34. The van der Waals surface area contributed by atoms with Crippen molar-refractivity contribution >= 4 is 17.6 Å². The number of amides is 2. The molecule has 0 aliphatic carbocycles. The molecule has 1 saturated heterocycles. The van der Waals surface area contributed by atoms with Gasteiger partial charge in [0.05, 0.1) is 20.1 Å². The highest BCUT2D eigenvalue weighted by molar-refractivity contribution is 6.00. The number of carbonyl (C=O) groups excluding carboxylic acids is 2. The Morgan fingerprint density at radius 2 is 2.10 bits per heavy atom. The Labute approximate surface area is 183 Å². The van der Waals surface area contributed by atoms with Crippen LogP contribution in [0.4, 0.5) is 5.82 Å². The summed E-state index contributed by atoms with van der Waals surface area (Å²) in [6.45, 7) is 7.69. The highest BCUT2D eigenvalue weighted by atomic mass is 16.5. The van der Waals surface area contributed by atoms with Crippen LogP contribution in [-0.2, 0) is 22.6 Å². The summed E-state index contributed by atoms with van der Waals surface area (Å²) >= 11 is 0. The number of fused-ring (bicyclic) bond motifs is 1. The van der Waals surface area contributed by atoms with Crippen molar-refractivity contribution in [2.75, 3.05) is 25.1 Å². The standard InChI is InChI=1S/C24H30N4O3/c1-15(2)24(30)27-10-6-8-18(14-27)22-25-16(3)20-12-21(29)28(23(20)26-22)13-17-7-5-9-19(11-17)31-4/h5,7,9,11,15,18H,6,8,10,12-14H2,1-4H3. The summed E-state index contributed by atoms with van der Waals surface area (Å²) < 4.78 is 5.32. The van der Waals surface area contributed by atoms with Crippen LogP contribution >= 0.6 is 0 Å². The molecule has 7 heteroatoms. The van der Waals surface area contributed by atoms with Crippen molar-refractivity contribution in [2.45, 2.75) is 52.5 Å². The van der Waals surface area contributed by atoms with Crippen LogP contribution in [-0.4, -0.2) is 46.9 Å². The molecule has 3 heterocycles. The molecule has 0 saturated carbocycles. The number of ether oxygens (including phenoxy) is 1. The van der Waals surface area contributed by atoms with E-state index in [1.54, 1.807) is 12.0 Å². The van der Waals surface area contributed by atoms with Gasteiger partial charge in [0.15, 0.2) is 0 Å². The predicted molar refractivity (Wildman–Crippen MR) is 118 cm³/mol. The molecule has 2 aliphatic heterocycles. The van der Waals surface area contributed by atoms with Gasteiger partial charge in [-0.2, -0.15) is 0 Å². The van der Waals surface area contributed by atoms with Crippen molar-refractivity contribution in [2.24, 2.45) is 5.92 Å². The summed E-state index contributed by atoms with van der Waals surface area (Å²) in [6.07, 6.45) is 2.22. The van der Waals surface area contributed by atoms with Gasteiger partial charge in [-0.3, -0.25) is 14.5 Å². The fourth-order valence-corrected chi connectivity index (χ4v) is 4.45. The van der Waals surface area contributed by atoms with Crippen molar-refractivity contribution < 1.29 is 14.3 Å². The Morgan fingerprint density at radius 3 is 2.84 bits per heavy atom. The van der Waals surface area contributed by atoms with Crippen LogP contribution in [0.3, 0.4) is 0 Å². The number of rotatable bonds is 5. The van der Waals surface area contributed by atoms with Gasteiger partial charge in [-0.25, -0.2) is 9.97 Å². The molecule has 1 aromatic carbocycles. The van der Waals surface area contributed by atoms with E-state index in [2.05, 4.69) is 0 Å². The molecule has 2 amide bonds. The number of hydrogen-bond donors (Lipinski definition) is 0. The Morgan fingerprint density at radius 1 is 1.29 bits per heavy atom. The molecule has 1 fully saturated rings. The van der Waals surface area contributed by atoms with Crippen LogP contribution in [0, 0.1) is 12.8 Å². The minimum atomic E-state index is -0.0163. The van der Waals surface area contributed by atoms with Gasteiger partial charge in [0.1, 0.15) is 17.4 Å². The third-order valence-corrected chi connectivity index (χ3v) is 6.16. The average Bonchev–Trinajstić information content (AvgIpc) is 3.09. The van der Waals surface area contributed by atoms with E-state index in [0.29, 0.717) is 25.3 Å². The molecule has 2 aliphatic rings. The molecule has 4 rings (SSSR count). The van der Waals surface area contributed by atoms with Gasteiger partial charge in [-0.15, -0.1) is 0 Å². The van der Waals surface area contributed by atoms with E-state index in [4.69, 9.17) is 14.7 Å². The lowest BCUT2D eigenvalue weighted by molar-refractivity contribution is -0.135. The fraction of sp³-hybridized carbons (Fsp3) is 0.500. The van der Waals surface area contributed by atoms with Crippen molar-refractivity contribution in [3.63, 3.8) is 0 Å². The molecule has 31 heavy (non-hydrogen) atoms. The third-order valence-electron chi connectivity index (χ3n) is 6.16. The predicted octanol–water partition coefficient (Wildman–Crippen LogP) is 3.24. The number of carbonyl (C=O) groups is 2. The van der Waals surface area contributed by atoms with Crippen molar-refractivity contribution in [1.82, 2.24) is 14.9 Å². The topological polar surface area (TPSA) is 75.6 Å². The number of nitrogens with zero attached hydrogens (tertiary/aromatic N) is 4. The van der Waals surface area contributed by atoms with E-state index in [1.807, 2.05) is 49.9 Å². The van der Waals surface area contributed by atoms with Crippen molar-refractivity contribution in [3.8, 4) is 5.75 Å². The lowest BCUT2D eigenvalue weighted by Crippen LogP contribution is -2.41. The Balaban J connectivity index is 1.61. The van der Waals surface area contributed by atoms with Crippen LogP contribution < -0.4 is 9.64 Å². The smallest absolute Gasteiger partial charge is 0.233 e. The molecular formula is C24H30N4O3. The maximum atomic E-state index is 12.8. The van der Waals surface area contributed by atoms with Gasteiger partial charge < -0.3 is 9.64 Å². The molecule has 164 valence electrons. The molecule has 7 nitrogen and oxygen atoms in total. The second-order valence-electron chi connectivity index (χ2n) is 8.76. The molecule has 0 bridgehead atoms. The zero-order valence-electron chi connectivity index (χ0n) is 18.7. The molecule has 0 radical (unpaired) electrons. The number of hydrogen-bond acceptors (Lipinski definition) is 5. The molecule has 1 aromatic heterocycles. The molecular weight excluding hydrogens is 392 g/mol. The second-order valence-corrected chi connectivity index (χ2v) is 8.76. The minimum Gasteiger partial charge on any atom is -0.497 e. The molecule has 1 atom stereocenters. The van der Waals surface area contributed by atoms with Crippen molar-refractivity contribution in [1.29, 1.82) is 0 Å². The zero-order chi connectivity index (χ0) is 22.1. The van der Waals surface area contributed by atoms with Crippen LogP contribution in [0.1, 0.15) is 55.3 Å². The highest BCUT2D eigenvalue weighted by Gasteiger charge is 2.34. The summed E-state index contributed by atoms with van der Waals surface area (Å²) in [6, 6.07) is 7.74. The Bertz CT molecular complexity index is 1000. The van der Waals surface area contributed by atoms with Gasteiger partial charge >= 0.3 is 0 Å². The largest absolute Gasteiger partial charge is 0.497 e. The lowest BCUT2D eigenvalue weighted by Gasteiger charge is -2.33. The van der Waals surface area contributed by atoms with E-state index in [-0.39, 0.29) is 23.7 Å². The van der Waals surface area contributed by atoms with E-state index >= 15 is 0 Å². The minimum absolute atomic E-state index is 0.0163. The number of piperidine rings is 1. The van der Waals surface area contributed by atoms with Gasteiger partial charge in [-0.05, 0) is 37.5 Å².